The van der Waals surface area contributed by atoms with Gasteiger partial charge in [0.25, 0.3) is 0 Å². The van der Waals surface area contributed by atoms with E-state index in [9.17, 15) is 9.59 Å². The lowest BCUT2D eigenvalue weighted by Gasteiger charge is -2.31. The second kappa shape index (κ2) is 8.72. The van der Waals surface area contributed by atoms with Gasteiger partial charge in [-0.05, 0) is 24.8 Å². The fourth-order valence-electron chi connectivity index (χ4n) is 1.79. The number of nitrogens with zero attached hydrogens (tertiary/aromatic N) is 2. The molecule has 104 valence electrons. The van der Waals surface area contributed by atoms with E-state index in [1.807, 2.05) is 18.7 Å². The van der Waals surface area contributed by atoms with Gasteiger partial charge in [-0.2, -0.15) is 0 Å². The molecule has 1 fully saturated rings. The Labute approximate surface area is 111 Å². The first-order valence-electron chi connectivity index (χ1n) is 6.70. The molecule has 1 aliphatic rings. The summed E-state index contributed by atoms with van der Waals surface area (Å²) in [6, 6.07) is 0. The maximum absolute atomic E-state index is 11.8. The van der Waals surface area contributed by atoms with Crippen LogP contribution in [0.25, 0.3) is 0 Å². The van der Waals surface area contributed by atoms with Crippen molar-refractivity contribution in [2.24, 2.45) is 5.92 Å². The fraction of sp³-hybridized carbons (Fsp3) is 0.714. The van der Waals surface area contributed by atoms with Gasteiger partial charge in [-0.15, -0.1) is 0 Å². The lowest BCUT2D eigenvalue weighted by atomic mass is 9.99. The first kappa shape index (κ1) is 16.7. The van der Waals surface area contributed by atoms with Gasteiger partial charge in [0, 0.05) is 20.1 Å². The summed E-state index contributed by atoms with van der Waals surface area (Å²) in [5.74, 6) is 0.528. The predicted molar refractivity (Wildman–Crippen MR) is 74.2 cm³/mol. The van der Waals surface area contributed by atoms with Crippen molar-refractivity contribution < 1.29 is 9.59 Å². The Morgan fingerprint density at radius 1 is 1.33 bits per heavy atom. The minimum Gasteiger partial charge on any atom is -0.341 e. The van der Waals surface area contributed by atoms with E-state index in [2.05, 4.69) is 13.5 Å². The van der Waals surface area contributed by atoms with Crippen molar-refractivity contribution in [2.75, 3.05) is 26.7 Å². The number of carbonyl (C=O) groups is 2. The van der Waals surface area contributed by atoms with Crippen molar-refractivity contribution in [3.8, 4) is 0 Å². The quantitative estimate of drug-likeness (QED) is 0.722. The smallest absolute Gasteiger partial charge is 0.246 e. The number of likely N-dealkylation sites (N-methyl/N-ethyl adjacent to an activating group) is 1. The molecule has 4 nitrogen and oxygen atoms in total. The number of rotatable bonds is 3. The van der Waals surface area contributed by atoms with Crippen LogP contribution in [0.15, 0.2) is 12.7 Å². The highest BCUT2D eigenvalue weighted by molar-refractivity contribution is 5.90. The maximum atomic E-state index is 11.8. The van der Waals surface area contributed by atoms with Crippen molar-refractivity contribution in [1.82, 2.24) is 9.80 Å². The summed E-state index contributed by atoms with van der Waals surface area (Å²) in [6.07, 6.45) is 3.35. The molecule has 0 aliphatic carbocycles. The van der Waals surface area contributed by atoms with Crippen molar-refractivity contribution in [2.45, 2.75) is 33.6 Å². The van der Waals surface area contributed by atoms with Gasteiger partial charge in [-0.3, -0.25) is 9.59 Å². The van der Waals surface area contributed by atoms with E-state index in [-0.39, 0.29) is 18.4 Å². The van der Waals surface area contributed by atoms with Gasteiger partial charge in [-0.25, -0.2) is 0 Å². The molecule has 0 aromatic rings. The Balaban J connectivity index is 0.00000137. The molecule has 1 heterocycles. The predicted octanol–water partition coefficient (Wildman–Crippen LogP) is 1.92. The van der Waals surface area contributed by atoms with Crippen LogP contribution in [0, 0.1) is 5.92 Å². The second-order valence-corrected chi connectivity index (χ2v) is 4.46. The zero-order valence-electron chi connectivity index (χ0n) is 12.1. The molecule has 0 aromatic heterocycles. The highest BCUT2D eigenvalue weighted by Crippen LogP contribution is 2.15. The largest absolute Gasteiger partial charge is 0.341 e. The molecular formula is C14H26N2O2. The summed E-state index contributed by atoms with van der Waals surface area (Å²) in [5, 5.41) is 0. The lowest BCUT2D eigenvalue weighted by Crippen LogP contribution is -2.44. The van der Waals surface area contributed by atoms with Crippen LogP contribution >= 0.6 is 0 Å². The van der Waals surface area contributed by atoms with E-state index in [0.717, 1.165) is 25.9 Å². The summed E-state index contributed by atoms with van der Waals surface area (Å²) >= 11 is 0. The molecular weight excluding hydrogens is 228 g/mol. The molecule has 1 rings (SSSR count). The minimum absolute atomic E-state index is 0.0320. The monoisotopic (exact) mass is 254 g/mol. The third-order valence-electron chi connectivity index (χ3n) is 3.06. The third kappa shape index (κ3) is 5.34. The van der Waals surface area contributed by atoms with E-state index in [0.29, 0.717) is 5.92 Å². The van der Waals surface area contributed by atoms with Crippen LogP contribution < -0.4 is 0 Å². The van der Waals surface area contributed by atoms with Crippen LogP contribution in [-0.2, 0) is 9.59 Å². The zero-order chi connectivity index (χ0) is 14.1. The van der Waals surface area contributed by atoms with Gasteiger partial charge >= 0.3 is 0 Å². The average Bonchev–Trinajstić information content (AvgIpc) is 2.40. The Bertz CT molecular complexity index is 282. The number of piperidine rings is 1. The molecule has 0 bridgehead atoms. The highest BCUT2D eigenvalue weighted by atomic mass is 16.2. The fourth-order valence-corrected chi connectivity index (χ4v) is 1.79. The lowest BCUT2D eigenvalue weighted by molar-refractivity contribution is -0.138. The Morgan fingerprint density at radius 3 is 2.28 bits per heavy atom. The van der Waals surface area contributed by atoms with Crippen molar-refractivity contribution in [3.05, 3.63) is 12.7 Å². The van der Waals surface area contributed by atoms with Gasteiger partial charge in [0.15, 0.2) is 0 Å². The zero-order valence-corrected chi connectivity index (χ0v) is 12.1. The number of likely N-dealkylation sites (tertiary alicyclic amines) is 1. The van der Waals surface area contributed by atoms with Gasteiger partial charge < -0.3 is 9.80 Å². The van der Waals surface area contributed by atoms with Gasteiger partial charge in [-0.1, -0.05) is 27.4 Å². The van der Waals surface area contributed by atoms with Gasteiger partial charge in [0.05, 0.1) is 6.54 Å². The summed E-state index contributed by atoms with van der Waals surface area (Å²) < 4.78 is 0. The first-order chi connectivity index (χ1) is 8.54. The summed E-state index contributed by atoms with van der Waals surface area (Å²) in [6.45, 7) is 11.4. The summed E-state index contributed by atoms with van der Waals surface area (Å²) in [5.41, 5.74) is 0. The average molecular weight is 254 g/mol. The van der Waals surface area contributed by atoms with Crippen LogP contribution in [0.3, 0.4) is 0 Å². The molecule has 4 heteroatoms. The van der Waals surface area contributed by atoms with Crippen molar-refractivity contribution in [1.29, 1.82) is 0 Å². The van der Waals surface area contributed by atoms with Crippen molar-refractivity contribution in [3.63, 3.8) is 0 Å². The van der Waals surface area contributed by atoms with E-state index in [1.165, 1.54) is 11.0 Å². The topological polar surface area (TPSA) is 40.6 Å². The van der Waals surface area contributed by atoms with Crippen LogP contribution in [-0.4, -0.2) is 48.3 Å². The molecule has 0 spiro atoms. The maximum Gasteiger partial charge on any atom is 0.246 e. The number of hydrogen-bond acceptors (Lipinski definition) is 2. The molecule has 0 radical (unpaired) electrons. The van der Waals surface area contributed by atoms with E-state index >= 15 is 0 Å². The highest BCUT2D eigenvalue weighted by Gasteiger charge is 2.21. The molecule has 0 unspecified atom stereocenters. The molecule has 0 N–H and O–H groups in total. The molecule has 1 aliphatic heterocycles. The number of amides is 2. The van der Waals surface area contributed by atoms with E-state index in [1.54, 1.807) is 7.05 Å². The van der Waals surface area contributed by atoms with Gasteiger partial charge in [0.2, 0.25) is 11.8 Å². The van der Waals surface area contributed by atoms with Gasteiger partial charge in [0.1, 0.15) is 0 Å². The molecule has 0 atom stereocenters. The molecule has 0 aromatic carbocycles. The Hall–Kier alpha value is -1.32. The SMILES string of the molecule is C=CC(=O)N(C)CC(=O)N1CCC(C)CC1.CC. The van der Waals surface area contributed by atoms with Crippen LogP contribution in [0.1, 0.15) is 33.6 Å². The Morgan fingerprint density at radius 2 is 1.83 bits per heavy atom. The number of carbonyl (C=O) groups excluding carboxylic acids is 2. The first-order valence-corrected chi connectivity index (χ1v) is 6.70. The Kier molecular flexibility index (Phi) is 8.08. The van der Waals surface area contributed by atoms with Crippen LogP contribution in [0.2, 0.25) is 0 Å². The number of hydrogen-bond donors (Lipinski definition) is 0. The third-order valence-corrected chi connectivity index (χ3v) is 3.06. The van der Waals surface area contributed by atoms with Crippen molar-refractivity contribution >= 4 is 11.8 Å². The standard InChI is InChI=1S/C12H20N2O2.C2H6/c1-4-11(15)13(3)9-12(16)14-7-5-10(2)6-8-14;1-2/h4,10H,1,5-9H2,2-3H3;1-2H3. The second-order valence-electron chi connectivity index (χ2n) is 4.46. The summed E-state index contributed by atoms with van der Waals surface area (Å²) in [7, 11) is 1.62. The molecule has 18 heavy (non-hydrogen) atoms. The molecule has 2 amide bonds. The van der Waals surface area contributed by atoms with E-state index in [4.69, 9.17) is 0 Å². The van der Waals surface area contributed by atoms with Crippen LogP contribution in [0.4, 0.5) is 0 Å². The molecule has 0 saturated carbocycles. The van der Waals surface area contributed by atoms with E-state index < -0.39 is 0 Å². The normalized spacial score (nSPS) is 15.4. The summed E-state index contributed by atoms with van der Waals surface area (Å²) in [4.78, 5) is 26.3. The molecule has 1 saturated heterocycles. The minimum atomic E-state index is -0.210. The van der Waals surface area contributed by atoms with Crippen LogP contribution in [0.5, 0.6) is 0 Å².